The topological polar surface area (TPSA) is 85.2 Å². The van der Waals surface area contributed by atoms with Crippen LogP contribution in [0.2, 0.25) is 0 Å². The van der Waals surface area contributed by atoms with Gasteiger partial charge in [0.15, 0.2) is 5.79 Å². The van der Waals surface area contributed by atoms with Crippen molar-refractivity contribution in [1.82, 2.24) is 0 Å². The van der Waals surface area contributed by atoms with Crippen LogP contribution < -0.4 is 0 Å². The van der Waals surface area contributed by atoms with E-state index in [1.54, 1.807) is 31.2 Å². The van der Waals surface area contributed by atoms with Crippen LogP contribution in [0.15, 0.2) is 47.6 Å². The van der Waals surface area contributed by atoms with Crippen molar-refractivity contribution >= 4 is 5.97 Å². The van der Waals surface area contributed by atoms with E-state index in [2.05, 4.69) is 11.8 Å². The summed E-state index contributed by atoms with van der Waals surface area (Å²) in [7, 11) is 0. The van der Waals surface area contributed by atoms with Crippen LogP contribution in [0.1, 0.15) is 96.1 Å². The molecule has 4 unspecified atom stereocenters. The quantitative estimate of drug-likeness (QED) is 0.113. The zero-order valence-electron chi connectivity index (χ0n) is 28.4. The van der Waals surface area contributed by atoms with Crippen molar-refractivity contribution in [2.75, 3.05) is 19.8 Å². The fourth-order valence-corrected chi connectivity index (χ4v) is 9.53. The molecule has 6 rings (SSSR count). The Hall–Kier alpha value is -2.78. The van der Waals surface area contributed by atoms with Crippen molar-refractivity contribution in [2.24, 2.45) is 22.7 Å². The van der Waals surface area contributed by atoms with Crippen LogP contribution in [0.5, 0.6) is 0 Å². The van der Waals surface area contributed by atoms with Crippen molar-refractivity contribution in [3.05, 3.63) is 58.7 Å². The molecule has 1 spiro atoms. The molecule has 1 heterocycles. The van der Waals surface area contributed by atoms with Crippen LogP contribution in [0, 0.1) is 34.5 Å². The minimum Gasteiger partial charge on any atom is -0.463 e. The van der Waals surface area contributed by atoms with Crippen molar-refractivity contribution < 1.29 is 51.2 Å². The van der Waals surface area contributed by atoms with Gasteiger partial charge in [0.2, 0.25) is 0 Å². The largest absolute Gasteiger partial charge is 0.463 e. The number of hydrogen-bond acceptors (Lipinski definition) is 6. The maximum Gasteiger partial charge on any atom is 0.456 e. The van der Waals surface area contributed by atoms with Gasteiger partial charge in [0, 0.05) is 41.2 Å². The second-order valence-corrected chi connectivity index (χ2v) is 15.7. The number of fused-ring (bicyclic) bond motifs is 4. The second-order valence-electron chi connectivity index (χ2n) is 15.7. The normalized spacial score (nSPS) is 35.3. The van der Waals surface area contributed by atoms with Gasteiger partial charge < -0.3 is 24.4 Å². The van der Waals surface area contributed by atoms with E-state index in [1.807, 2.05) is 13.8 Å². The van der Waals surface area contributed by atoms with Crippen molar-refractivity contribution in [1.29, 1.82) is 0 Å². The molecule has 4 fully saturated rings. The minimum absolute atomic E-state index is 0.0182. The fourth-order valence-electron chi connectivity index (χ4n) is 9.53. The molecule has 3 saturated carbocycles. The van der Waals surface area contributed by atoms with Crippen LogP contribution >= 0.6 is 0 Å². The van der Waals surface area contributed by atoms with Crippen molar-refractivity contribution in [2.45, 2.75) is 114 Å². The monoisotopic (exact) mass is 692 g/mol. The number of allylic oxidation sites excluding steroid dienone is 2. The van der Waals surface area contributed by atoms with Crippen molar-refractivity contribution in [3.63, 3.8) is 0 Å². The number of aliphatic hydroxyl groups is 2. The number of benzene rings is 1. The number of hydrogen-bond donors (Lipinski definition) is 2. The highest BCUT2D eigenvalue weighted by Gasteiger charge is 2.79. The van der Waals surface area contributed by atoms with E-state index in [-0.39, 0.29) is 37.7 Å². The molecule has 4 aliphatic carbocycles. The van der Waals surface area contributed by atoms with Gasteiger partial charge >= 0.3 is 18.1 Å². The van der Waals surface area contributed by atoms with Gasteiger partial charge in [-0.15, -0.1) is 0 Å². The molecule has 49 heavy (non-hydrogen) atoms. The highest BCUT2D eigenvalue weighted by molar-refractivity contribution is 5.82. The molecule has 0 aromatic heterocycles. The molecule has 1 aliphatic heterocycles. The Morgan fingerprint density at radius 2 is 1.69 bits per heavy atom. The van der Waals surface area contributed by atoms with Gasteiger partial charge in [0.05, 0.1) is 25.4 Å². The summed E-state index contributed by atoms with van der Waals surface area (Å²) >= 11 is 0. The summed E-state index contributed by atoms with van der Waals surface area (Å²) in [6, 6.07) is 7.02. The van der Waals surface area contributed by atoms with E-state index in [4.69, 9.17) is 14.2 Å². The number of rotatable bonds is 4. The second kappa shape index (κ2) is 12.2. The maximum absolute atomic E-state index is 15.4. The predicted octanol–water partition coefficient (Wildman–Crippen LogP) is 7.38. The lowest BCUT2D eigenvalue weighted by Crippen LogP contribution is -2.65. The van der Waals surface area contributed by atoms with Gasteiger partial charge in [0.25, 0.3) is 0 Å². The highest BCUT2D eigenvalue weighted by atomic mass is 19.4. The molecule has 6 nitrogen and oxygen atoms in total. The minimum atomic E-state index is -5.92. The van der Waals surface area contributed by atoms with Gasteiger partial charge in [0.1, 0.15) is 5.60 Å². The SMILES string of the molecule is CCOC(=O)/C=C/C#Cc1ccc([C@H]2C[C@@]3(C)C(CCC3(O)C(F)(F)C(F)(F)F)C3CCC4(O)CC5(CCC4=C32)OCC(C)(C)CO5)cc1. The average Bonchev–Trinajstić information content (AvgIpc) is 3.31. The summed E-state index contributed by atoms with van der Waals surface area (Å²) in [4.78, 5) is 11.6. The molecule has 1 aromatic rings. The van der Waals surface area contributed by atoms with E-state index in [9.17, 15) is 28.2 Å². The predicted molar refractivity (Wildman–Crippen MR) is 170 cm³/mol. The lowest BCUT2D eigenvalue weighted by atomic mass is 9.49. The molecule has 0 amide bonds. The van der Waals surface area contributed by atoms with Gasteiger partial charge in [-0.05, 0) is 86.6 Å². The lowest BCUT2D eigenvalue weighted by Gasteiger charge is -2.59. The first-order chi connectivity index (χ1) is 22.8. The number of esters is 1. The average molecular weight is 693 g/mol. The van der Waals surface area contributed by atoms with Crippen LogP contribution in [-0.4, -0.2) is 65.1 Å². The van der Waals surface area contributed by atoms with Gasteiger partial charge in [-0.25, -0.2) is 4.79 Å². The smallest absolute Gasteiger partial charge is 0.456 e. The van der Waals surface area contributed by atoms with Crippen molar-refractivity contribution in [3.8, 4) is 11.8 Å². The first-order valence-corrected chi connectivity index (χ1v) is 17.2. The number of alkyl halides is 5. The first-order valence-electron chi connectivity index (χ1n) is 17.2. The summed E-state index contributed by atoms with van der Waals surface area (Å²) in [5, 5.41) is 23.9. The molecule has 2 N–H and O–H groups in total. The zero-order chi connectivity index (χ0) is 35.7. The highest BCUT2D eigenvalue weighted by Crippen LogP contribution is 2.71. The Balaban J connectivity index is 1.40. The number of ether oxygens (including phenoxy) is 3. The van der Waals surface area contributed by atoms with E-state index >= 15 is 8.78 Å². The third-order valence-corrected chi connectivity index (χ3v) is 12.0. The Labute approximate surface area is 284 Å². The van der Waals surface area contributed by atoms with Crippen LogP contribution in [0.4, 0.5) is 22.0 Å². The number of carbonyl (C=O) groups excluding carboxylic acids is 1. The van der Waals surface area contributed by atoms with E-state index < -0.39 is 64.6 Å². The van der Waals surface area contributed by atoms with Crippen LogP contribution in [-0.2, 0) is 19.0 Å². The van der Waals surface area contributed by atoms with Crippen LogP contribution in [0.3, 0.4) is 0 Å². The molecule has 11 heteroatoms. The van der Waals surface area contributed by atoms with Gasteiger partial charge in [-0.1, -0.05) is 50.3 Å². The lowest BCUT2D eigenvalue weighted by molar-refractivity contribution is -0.362. The summed E-state index contributed by atoms with van der Waals surface area (Å²) in [6.07, 6.45) is -2.37. The third kappa shape index (κ3) is 5.94. The summed E-state index contributed by atoms with van der Waals surface area (Å²) < 4.78 is 89.9. The fraction of sp³-hybridized carbons (Fsp3) is 0.658. The summed E-state index contributed by atoms with van der Waals surface area (Å²) in [6.45, 7) is 8.36. The molecule has 268 valence electrons. The van der Waals surface area contributed by atoms with E-state index in [1.165, 1.54) is 19.1 Å². The summed E-state index contributed by atoms with van der Waals surface area (Å²) in [5.41, 5.74) is -3.57. The first kappa shape index (κ1) is 36.0. The number of halogens is 5. The molecule has 0 bridgehead atoms. The maximum atomic E-state index is 15.4. The Morgan fingerprint density at radius 3 is 2.33 bits per heavy atom. The molecular formula is C38H45F5O6. The summed E-state index contributed by atoms with van der Waals surface area (Å²) in [5.74, 6) is -2.76. The molecular weight excluding hydrogens is 647 g/mol. The molecule has 5 aliphatic rings. The molecule has 6 atom stereocenters. The van der Waals surface area contributed by atoms with Gasteiger partial charge in [-0.2, -0.15) is 22.0 Å². The van der Waals surface area contributed by atoms with E-state index in [0.29, 0.717) is 43.6 Å². The molecule has 1 saturated heterocycles. The Bertz CT molecular complexity index is 1580. The van der Waals surface area contributed by atoms with Gasteiger partial charge in [-0.3, -0.25) is 0 Å². The van der Waals surface area contributed by atoms with Crippen LogP contribution in [0.25, 0.3) is 0 Å². The zero-order valence-corrected chi connectivity index (χ0v) is 28.4. The molecule has 0 radical (unpaired) electrons. The Morgan fingerprint density at radius 1 is 1.02 bits per heavy atom. The Kier molecular flexibility index (Phi) is 8.95. The van der Waals surface area contributed by atoms with E-state index in [0.717, 1.165) is 11.1 Å². The molecule has 1 aromatic carbocycles. The third-order valence-electron chi connectivity index (χ3n) is 12.0. The number of carbonyl (C=O) groups is 1. The standard InChI is InChI=1S/C38H45F5O6/c1-5-47-30(44)9-7-6-8-24-10-12-25(13-11-24)27-20-33(4)28(16-19-36(33,46)37(39,40)38(41,42)43)26-14-17-34(45)21-35(18-15-29(34)31(26)27)48-22-32(2,3)23-49-35/h7,9-13,26-28,45-46H,5,14-23H2,1-4H3/b9-7+/t26?,27-,28?,33+,34?,36?/m1/s1.